The van der Waals surface area contributed by atoms with Crippen molar-refractivity contribution in [2.75, 3.05) is 12.4 Å². The summed E-state index contributed by atoms with van der Waals surface area (Å²) in [7, 11) is 1.55. The third kappa shape index (κ3) is 9.80. The molecule has 4 rings (SSSR count). The fraction of sp³-hybridized carbons (Fsp3) is 0.296. The van der Waals surface area contributed by atoms with Gasteiger partial charge in [0.05, 0.1) is 16.9 Å². The van der Waals surface area contributed by atoms with Gasteiger partial charge in [-0.25, -0.2) is 0 Å². The summed E-state index contributed by atoms with van der Waals surface area (Å²) in [4.78, 5) is 25.7. The Balaban J connectivity index is 0.000000231. The third-order valence-electron chi connectivity index (χ3n) is 5.67. The first-order chi connectivity index (χ1) is 20.1. The number of nitrogens with one attached hydrogen (secondary N) is 2. The summed E-state index contributed by atoms with van der Waals surface area (Å²) in [6.45, 7) is 2.60. The van der Waals surface area contributed by atoms with E-state index in [0.717, 1.165) is 30.7 Å². The van der Waals surface area contributed by atoms with Crippen LogP contribution < -0.4 is 15.4 Å². The van der Waals surface area contributed by atoms with Gasteiger partial charge >= 0.3 is 6.36 Å². The maximum absolute atomic E-state index is 12.5. The number of rotatable bonds is 11. The molecule has 3 aromatic heterocycles. The van der Waals surface area contributed by atoms with E-state index in [1.807, 2.05) is 13.0 Å². The van der Waals surface area contributed by atoms with Crippen molar-refractivity contribution in [1.29, 1.82) is 0 Å². The Morgan fingerprint density at radius 1 is 1.10 bits per heavy atom. The Hall–Kier alpha value is -4.59. The van der Waals surface area contributed by atoms with Gasteiger partial charge < -0.3 is 15.4 Å². The summed E-state index contributed by atoms with van der Waals surface area (Å²) in [6, 6.07) is 11.3. The van der Waals surface area contributed by atoms with Crippen LogP contribution in [-0.2, 0) is 24.2 Å². The van der Waals surface area contributed by atoms with E-state index in [1.165, 1.54) is 12.1 Å². The predicted octanol–water partition coefficient (Wildman–Crippen LogP) is 4.88. The highest BCUT2D eigenvalue weighted by molar-refractivity contribution is 6.32. The number of ether oxygens (including phenoxy) is 1. The van der Waals surface area contributed by atoms with E-state index < -0.39 is 12.1 Å². The van der Waals surface area contributed by atoms with Crippen molar-refractivity contribution >= 4 is 29.7 Å². The van der Waals surface area contributed by atoms with Crippen LogP contribution in [0.3, 0.4) is 0 Å². The van der Waals surface area contributed by atoms with Crippen LogP contribution >= 0.6 is 11.6 Å². The van der Waals surface area contributed by atoms with E-state index in [0.29, 0.717) is 36.5 Å². The molecule has 0 bridgehead atoms. The Labute approximate surface area is 244 Å². The van der Waals surface area contributed by atoms with Crippen molar-refractivity contribution in [1.82, 2.24) is 35.5 Å². The van der Waals surface area contributed by atoms with Crippen LogP contribution in [0.25, 0.3) is 11.1 Å². The van der Waals surface area contributed by atoms with Gasteiger partial charge in [-0.05, 0) is 61.6 Å². The lowest BCUT2D eigenvalue weighted by Crippen LogP contribution is -2.18. The van der Waals surface area contributed by atoms with Gasteiger partial charge in [0.25, 0.3) is 5.91 Å². The number of pyridine rings is 1. The van der Waals surface area contributed by atoms with Gasteiger partial charge in [-0.2, -0.15) is 5.10 Å². The van der Waals surface area contributed by atoms with Crippen molar-refractivity contribution in [3.8, 4) is 16.9 Å². The Morgan fingerprint density at radius 3 is 2.57 bits per heavy atom. The number of carbonyl (C=O) groups excluding carboxylic acids is 2. The van der Waals surface area contributed by atoms with E-state index in [9.17, 15) is 22.8 Å². The number of halogens is 4. The summed E-state index contributed by atoms with van der Waals surface area (Å²) < 4.78 is 43.1. The molecular formula is C27H28ClF3N8O3. The number of amides is 2. The number of carbonyl (C=O) groups is 2. The number of alkyl halides is 3. The van der Waals surface area contributed by atoms with E-state index in [-0.39, 0.29) is 16.5 Å². The number of para-hydroxylation sites is 1. The quantitative estimate of drug-likeness (QED) is 0.183. The van der Waals surface area contributed by atoms with E-state index in [4.69, 9.17) is 11.6 Å². The zero-order valence-electron chi connectivity index (χ0n) is 22.7. The molecule has 222 valence electrons. The minimum atomic E-state index is -4.79. The summed E-state index contributed by atoms with van der Waals surface area (Å²) in [5, 5.41) is 20.4. The molecule has 2 N–H and O–H groups in total. The predicted molar refractivity (Wildman–Crippen MR) is 149 cm³/mol. The lowest BCUT2D eigenvalue weighted by Gasteiger charge is -2.15. The molecule has 0 fully saturated rings. The van der Waals surface area contributed by atoms with Crippen molar-refractivity contribution in [2.45, 2.75) is 45.5 Å². The van der Waals surface area contributed by atoms with E-state index >= 15 is 0 Å². The molecule has 2 amide bonds. The zero-order chi connectivity index (χ0) is 30.5. The SMILES string of the molecule is CCc1cc(-c2cccc(Cl)c2OC(F)(F)F)ccn1.CNC(=O)c1cn(CCCCc2ccc(NC=O)nn2)nn1. The first-order valence-corrected chi connectivity index (χ1v) is 13.2. The fourth-order valence-electron chi connectivity index (χ4n) is 3.64. The maximum atomic E-state index is 12.5. The van der Waals surface area contributed by atoms with Gasteiger partial charge in [0.1, 0.15) is 0 Å². The topological polar surface area (TPSA) is 137 Å². The molecule has 4 aromatic rings. The number of aryl methyl sites for hydroxylation is 3. The Morgan fingerprint density at radius 2 is 1.90 bits per heavy atom. The van der Waals surface area contributed by atoms with Gasteiger partial charge in [-0.15, -0.1) is 23.4 Å². The normalized spacial score (nSPS) is 10.8. The van der Waals surface area contributed by atoms with Crippen molar-refractivity contribution in [3.05, 3.63) is 77.0 Å². The molecule has 0 saturated carbocycles. The lowest BCUT2D eigenvalue weighted by atomic mass is 10.0. The number of benzene rings is 1. The number of unbranched alkanes of at least 4 members (excludes halogenated alkanes) is 1. The lowest BCUT2D eigenvalue weighted by molar-refractivity contribution is -0.274. The van der Waals surface area contributed by atoms with E-state index in [1.54, 1.807) is 48.4 Å². The van der Waals surface area contributed by atoms with Crippen LogP contribution in [0.1, 0.15) is 41.6 Å². The molecule has 15 heteroatoms. The molecule has 1 aromatic carbocycles. The van der Waals surface area contributed by atoms with E-state index in [2.05, 4.69) is 40.9 Å². The molecule has 0 radical (unpaired) electrons. The molecular weight excluding hydrogens is 577 g/mol. The number of hydrogen-bond donors (Lipinski definition) is 2. The molecule has 0 unspecified atom stereocenters. The molecule has 0 spiro atoms. The van der Waals surface area contributed by atoms with Crippen LogP contribution in [0.15, 0.2) is 54.9 Å². The van der Waals surface area contributed by atoms with Crippen LogP contribution in [-0.4, -0.2) is 55.9 Å². The monoisotopic (exact) mass is 604 g/mol. The van der Waals surface area contributed by atoms with Gasteiger partial charge in [0, 0.05) is 31.0 Å². The maximum Gasteiger partial charge on any atom is 0.573 e. The minimum Gasteiger partial charge on any atom is -0.404 e. The zero-order valence-corrected chi connectivity index (χ0v) is 23.5. The molecule has 0 saturated heterocycles. The standard InChI is InChI=1S/C14H11ClF3NO.C13H17N7O2/c1-2-10-8-9(6-7-19-10)11-4-3-5-12(15)13(11)20-14(16,17)18;1-14-13(22)11-8-20(19-17-11)7-3-2-4-10-5-6-12(15-9-21)18-16-10/h3-8H,2H2,1H3;5-6,8-9H,2-4,7H2,1H3,(H,14,22)(H,15,18,21). The third-order valence-corrected chi connectivity index (χ3v) is 5.97. The molecule has 0 aliphatic heterocycles. The summed E-state index contributed by atoms with van der Waals surface area (Å²) >= 11 is 5.82. The molecule has 0 aliphatic carbocycles. The van der Waals surface area contributed by atoms with Gasteiger partial charge in [0.2, 0.25) is 6.41 Å². The smallest absolute Gasteiger partial charge is 0.404 e. The van der Waals surface area contributed by atoms with Crippen LogP contribution in [0.4, 0.5) is 19.0 Å². The van der Waals surface area contributed by atoms with Crippen LogP contribution in [0.5, 0.6) is 5.75 Å². The number of nitrogens with zero attached hydrogens (tertiary/aromatic N) is 6. The van der Waals surface area contributed by atoms with Crippen LogP contribution in [0, 0.1) is 0 Å². The largest absolute Gasteiger partial charge is 0.573 e. The first-order valence-electron chi connectivity index (χ1n) is 12.8. The summed E-state index contributed by atoms with van der Waals surface area (Å²) in [6.07, 6.45) is 2.20. The van der Waals surface area contributed by atoms with Crippen molar-refractivity contribution in [3.63, 3.8) is 0 Å². The molecule has 42 heavy (non-hydrogen) atoms. The Bertz CT molecular complexity index is 1470. The second-order valence-electron chi connectivity index (χ2n) is 8.63. The number of aromatic nitrogens is 6. The Kier molecular flexibility index (Phi) is 11.7. The number of hydrogen-bond acceptors (Lipinski definition) is 8. The van der Waals surface area contributed by atoms with Gasteiger partial charge in [0.15, 0.2) is 17.3 Å². The summed E-state index contributed by atoms with van der Waals surface area (Å²) in [5.74, 6) is -0.205. The van der Waals surface area contributed by atoms with Crippen molar-refractivity contribution < 1.29 is 27.5 Å². The number of anilines is 1. The highest BCUT2D eigenvalue weighted by Gasteiger charge is 2.33. The first kappa shape index (κ1) is 31.9. The fourth-order valence-corrected chi connectivity index (χ4v) is 3.86. The minimum absolute atomic E-state index is 0.0883. The highest BCUT2D eigenvalue weighted by Crippen LogP contribution is 2.39. The van der Waals surface area contributed by atoms with Gasteiger partial charge in [-0.3, -0.25) is 19.3 Å². The highest BCUT2D eigenvalue weighted by atomic mass is 35.5. The molecule has 0 atom stereocenters. The molecule has 3 heterocycles. The second kappa shape index (κ2) is 15.4. The van der Waals surface area contributed by atoms with Crippen molar-refractivity contribution in [2.24, 2.45) is 0 Å². The van der Waals surface area contributed by atoms with Crippen LogP contribution in [0.2, 0.25) is 5.02 Å². The van der Waals surface area contributed by atoms with Gasteiger partial charge in [-0.1, -0.05) is 35.9 Å². The average Bonchev–Trinajstić information content (AvgIpc) is 3.46. The molecule has 0 aliphatic rings. The average molecular weight is 605 g/mol. The summed E-state index contributed by atoms with van der Waals surface area (Å²) in [5.41, 5.74) is 2.82. The molecule has 11 nitrogen and oxygen atoms in total. The second-order valence-corrected chi connectivity index (χ2v) is 9.04.